The van der Waals surface area contributed by atoms with Crippen LogP contribution in [0.4, 0.5) is 0 Å². The van der Waals surface area contributed by atoms with Crippen LogP contribution in [0.3, 0.4) is 0 Å². The predicted molar refractivity (Wildman–Crippen MR) is 91.7 cm³/mol. The largest absolute Gasteiger partial charge is 0.464 e. The SMILES string of the molecule is Cc1ccnc2cc(C(=O)CC[C@@H](N)C(=O)OCC(C)C)sc12. The molecule has 124 valence electrons. The number of carbonyl (C=O) groups excluding carboxylic acids is 2. The van der Waals surface area contributed by atoms with Crippen molar-refractivity contribution in [3.05, 3.63) is 28.8 Å². The molecule has 0 radical (unpaired) electrons. The zero-order valence-electron chi connectivity index (χ0n) is 13.7. The highest BCUT2D eigenvalue weighted by Gasteiger charge is 2.19. The number of ketones is 1. The fourth-order valence-corrected chi connectivity index (χ4v) is 3.14. The number of Topliss-reactive ketones (excluding diaryl/α,β-unsaturated/α-hetero) is 1. The van der Waals surface area contributed by atoms with Crippen molar-refractivity contribution in [3.8, 4) is 0 Å². The summed E-state index contributed by atoms with van der Waals surface area (Å²) in [5, 5.41) is 0. The van der Waals surface area contributed by atoms with Gasteiger partial charge in [-0.25, -0.2) is 0 Å². The normalized spacial score (nSPS) is 12.6. The van der Waals surface area contributed by atoms with E-state index in [4.69, 9.17) is 10.5 Å². The number of pyridine rings is 1. The molecule has 0 saturated carbocycles. The molecule has 1 atom stereocenters. The first-order valence-electron chi connectivity index (χ1n) is 7.69. The second kappa shape index (κ2) is 7.66. The average Bonchev–Trinajstić information content (AvgIpc) is 2.95. The molecule has 0 spiro atoms. The Bertz CT molecular complexity index is 709. The van der Waals surface area contributed by atoms with Gasteiger partial charge in [-0.2, -0.15) is 0 Å². The maximum absolute atomic E-state index is 12.3. The van der Waals surface area contributed by atoms with Crippen molar-refractivity contribution in [2.24, 2.45) is 11.7 Å². The summed E-state index contributed by atoms with van der Waals surface area (Å²) in [6.45, 7) is 6.26. The van der Waals surface area contributed by atoms with E-state index in [0.717, 1.165) is 15.8 Å². The van der Waals surface area contributed by atoms with Crippen molar-refractivity contribution in [1.82, 2.24) is 4.98 Å². The van der Waals surface area contributed by atoms with Crippen molar-refractivity contribution in [2.75, 3.05) is 6.61 Å². The van der Waals surface area contributed by atoms with Gasteiger partial charge in [-0.15, -0.1) is 11.3 Å². The van der Waals surface area contributed by atoms with Crippen molar-refractivity contribution in [1.29, 1.82) is 0 Å². The van der Waals surface area contributed by atoms with Crippen LogP contribution in [-0.4, -0.2) is 29.4 Å². The Morgan fingerprint density at radius 3 is 2.78 bits per heavy atom. The molecule has 0 amide bonds. The van der Waals surface area contributed by atoms with E-state index in [0.29, 0.717) is 11.5 Å². The maximum Gasteiger partial charge on any atom is 0.322 e. The predicted octanol–water partition coefficient (Wildman–Crippen LogP) is 3.09. The molecule has 2 N–H and O–H groups in total. The number of hydrogen-bond donors (Lipinski definition) is 1. The molecule has 0 saturated heterocycles. The van der Waals surface area contributed by atoms with Crippen LogP contribution in [0.1, 0.15) is 41.9 Å². The third kappa shape index (κ3) is 4.59. The summed E-state index contributed by atoms with van der Waals surface area (Å²) in [4.78, 5) is 28.9. The number of aryl methyl sites for hydroxylation is 1. The van der Waals surface area contributed by atoms with E-state index in [1.54, 1.807) is 12.3 Å². The standard InChI is InChI=1S/C17H22N2O3S/c1-10(2)9-22-17(21)12(18)4-5-14(20)15-8-13-16(23-15)11(3)6-7-19-13/h6-8,10,12H,4-5,9,18H2,1-3H3/t12-/m1/s1. The molecule has 2 rings (SSSR count). The van der Waals surface area contributed by atoms with E-state index in [9.17, 15) is 9.59 Å². The van der Waals surface area contributed by atoms with Gasteiger partial charge in [0.25, 0.3) is 0 Å². The fraction of sp³-hybridized carbons (Fsp3) is 0.471. The van der Waals surface area contributed by atoms with Crippen molar-refractivity contribution in [3.63, 3.8) is 0 Å². The van der Waals surface area contributed by atoms with Gasteiger partial charge in [-0.1, -0.05) is 13.8 Å². The van der Waals surface area contributed by atoms with Crippen LogP contribution in [0.2, 0.25) is 0 Å². The highest BCUT2D eigenvalue weighted by molar-refractivity contribution is 7.21. The van der Waals surface area contributed by atoms with Gasteiger partial charge in [-0.3, -0.25) is 14.6 Å². The molecule has 2 aromatic rings. The van der Waals surface area contributed by atoms with E-state index in [-0.39, 0.29) is 24.5 Å². The summed E-state index contributed by atoms with van der Waals surface area (Å²) in [5.74, 6) is -0.193. The number of thiophene rings is 1. The van der Waals surface area contributed by atoms with Gasteiger partial charge >= 0.3 is 5.97 Å². The second-order valence-electron chi connectivity index (χ2n) is 6.05. The van der Waals surface area contributed by atoms with Crippen LogP contribution < -0.4 is 5.73 Å². The lowest BCUT2D eigenvalue weighted by molar-refractivity contribution is -0.146. The molecule has 2 aromatic heterocycles. The number of nitrogens with two attached hydrogens (primary N) is 1. The highest BCUT2D eigenvalue weighted by atomic mass is 32.1. The number of fused-ring (bicyclic) bond motifs is 1. The van der Waals surface area contributed by atoms with Crippen LogP contribution in [-0.2, 0) is 9.53 Å². The number of ether oxygens (including phenoxy) is 1. The van der Waals surface area contributed by atoms with Gasteiger partial charge in [0, 0.05) is 12.6 Å². The minimum absolute atomic E-state index is 0.0143. The van der Waals surface area contributed by atoms with Crippen LogP contribution in [0.5, 0.6) is 0 Å². The molecular weight excluding hydrogens is 312 g/mol. The minimum Gasteiger partial charge on any atom is -0.464 e. The smallest absolute Gasteiger partial charge is 0.322 e. The number of esters is 1. The van der Waals surface area contributed by atoms with Crippen molar-refractivity contribution in [2.45, 2.75) is 39.7 Å². The van der Waals surface area contributed by atoms with Crippen LogP contribution in [0.25, 0.3) is 10.2 Å². The van der Waals surface area contributed by atoms with Gasteiger partial charge in [-0.05, 0) is 37.0 Å². The summed E-state index contributed by atoms with van der Waals surface area (Å²) in [6, 6.07) is 2.97. The van der Waals surface area contributed by atoms with Crippen LogP contribution in [0.15, 0.2) is 18.3 Å². The lowest BCUT2D eigenvalue weighted by Crippen LogP contribution is -2.33. The van der Waals surface area contributed by atoms with Gasteiger partial charge in [0.05, 0.1) is 21.7 Å². The molecule has 2 heterocycles. The monoisotopic (exact) mass is 334 g/mol. The molecule has 0 aliphatic carbocycles. The maximum atomic E-state index is 12.3. The molecule has 0 unspecified atom stereocenters. The molecule has 0 aliphatic heterocycles. The quantitative estimate of drug-likeness (QED) is 0.621. The molecule has 0 aromatic carbocycles. The average molecular weight is 334 g/mol. The Hall–Kier alpha value is -1.79. The lowest BCUT2D eigenvalue weighted by atomic mass is 10.1. The third-order valence-corrected chi connectivity index (χ3v) is 4.73. The summed E-state index contributed by atoms with van der Waals surface area (Å²) in [7, 11) is 0. The number of aromatic nitrogens is 1. The van der Waals surface area contributed by atoms with E-state index in [1.165, 1.54) is 11.3 Å². The number of nitrogens with zero attached hydrogens (tertiary/aromatic N) is 1. The summed E-state index contributed by atoms with van der Waals surface area (Å²) in [5.41, 5.74) is 7.73. The first kappa shape index (κ1) is 17.6. The molecule has 23 heavy (non-hydrogen) atoms. The van der Waals surface area contributed by atoms with E-state index >= 15 is 0 Å². The molecule has 0 bridgehead atoms. The van der Waals surface area contributed by atoms with E-state index in [2.05, 4.69) is 4.98 Å². The van der Waals surface area contributed by atoms with Crippen molar-refractivity contribution >= 4 is 33.3 Å². The molecule has 5 nitrogen and oxygen atoms in total. The van der Waals surface area contributed by atoms with Gasteiger partial charge in [0.2, 0.25) is 0 Å². The zero-order chi connectivity index (χ0) is 17.0. The zero-order valence-corrected chi connectivity index (χ0v) is 14.5. The Balaban J connectivity index is 1.93. The number of rotatable bonds is 7. The number of hydrogen-bond acceptors (Lipinski definition) is 6. The Morgan fingerprint density at radius 1 is 1.39 bits per heavy atom. The first-order chi connectivity index (χ1) is 10.9. The van der Waals surface area contributed by atoms with Gasteiger partial charge < -0.3 is 10.5 Å². The first-order valence-corrected chi connectivity index (χ1v) is 8.50. The topological polar surface area (TPSA) is 82.3 Å². The summed E-state index contributed by atoms with van der Waals surface area (Å²) >= 11 is 1.44. The van der Waals surface area contributed by atoms with Crippen LogP contribution in [0, 0.1) is 12.8 Å². The molecule has 6 heteroatoms. The Labute approximate surface area is 139 Å². The van der Waals surface area contributed by atoms with E-state index < -0.39 is 12.0 Å². The fourth-order valence-electron chi connectivity index (χ4n) is 2.09. The molecular formula is C17H22N2O3S. The third-order valence-electron chi connectivity index (χ3n) is 3.43. The highest BCUT2D eigenvalue weighted by Crippen LogP contribution is 2.27. The second-order valence-corrected chi connectivity index (χ2v) is 7.10. The number of carbonyl (C=O) groups is 2. The molecule has 0 fully saturated rings. The van der Waals surface area contributed by atoms with E-state index in [1.807, 2.05) is 26.8 Å². The van der Waals surface area contributed by atoms with Crippen LogP contribution >= 0.6 is 11.3 Å². The Kier molecular flexibility index (Phi) is 5.85. The minimum atomic E-state index is -0.757. The lowest BCUT2D eigenvalue weighted by Gasteiger charge is -2.12. The van der Waals surface area contributed by atoms with Crippen molar-refractivity contribution < 1.29 is 14.3 Å². The van der Waals surface area contributed by atoms with Gasteiger partial charge in [0.15, 0.2) is 5.78 Å². The summed E-state index contributed by atoms with van der Waals surface area (Å²) < 4.78 is 6.11. The summed E-state index contributed by atoms with van der Waals surface area (Å²) in [6.07, 6.45) is 2.25. The Morgan fingerprint density at radius 2 is 2.13 bits per heavy atom. The molecule has 0 aliphatic rings. The van der Waals surface area contributed by atoms with Gasteiger partial charge in [0.1, 0.15) is 6.04 Å².